The molecule has 1 atom stereocenters. The van der Waals surface area contributed by atoms with Gasteiger partial charge in [0, 0.05) is 31.7 Å². The Kier molecular flexibility index (Phi) is 4.42. The van der Waals surface area contributed by atoms with Crippen molar-refractivity contribution in [3.63, 3.8) is 0 Å². The number of piperidine rings is 1. The van der Waals surface area contributed by atoms with Gasteiger partial charge in [0.1, 0.15) is 0 Å². The lowest BCUT2D eigenvalue weighted by Crippen LogP contribution is -2.45. The van der Waals surface area contributed by atoms with Crippen molar-refractivity contribution >= 4 is 15.9 Å². The van der Waals surface area contributed by atoms with Crippen LogP contribution in [0.1, 0.15) is 23.2 Å². The quantitative estimate of drug-likeness (QED) is 0.831. The number of nitrogens with two attached hydrogens (primary N) is 1. The van der Waals surface area contributed by atoms with Gasteiger partial charge in [0.2, 0.25) is 10.0 Å². The zero-order valence-electron chi connectivity index (χ0n) is 11.4. The van der Waals surface area contributed by atoms with E-state index in [1.54, 1.807) is 0 Å². The van der Waals surface area contributed by atoms with E-state index in [4.69, 9.17) is 5.73 Å². The summed E-state index contributed by atoms with van der Waals surface area (Å²) in [6.45, 7) is 0.840. The first kappa shape index (κ1) is 15.0. The van der Waals surface area contributed by atoms with E-state index in [0.717, 1.165) is 12.8 Å². The highest BCUT2D eigenvalue weighted by molar-refractivity contribution is 7.89. The molecule has 7 heteroatoms. The fourth-order valence-electron chi connectivity index (χ4n) is 2.26. The van der Waals surface area contributed by atoms with Gasteiger partial charge in [-0.3, -0.25) is 4.79 Å². The minimum absolute atomic E-state index is 0.108. The van der Waals surface area contributed by atoms with Crippen LogP contribution in [0.3, 0.4) is 0 Å². The highest BCUT2D eigenvalue weighted by Crippen LogP contribution is 2.20. The van der Waals surface area contributed by atoms with Crippen LogP contribution in [-0.2, 0) is 10.0 Å². The SMILES string of the molecule is CNC(=O)c1ccc(S(=O)(=O)N2CCCC(N)C2)cc1. The van der Waals surface area contributed by atoms with Crippen LogP contribution in [-0.4, -0.2) is 44.8 Å². The van der Waals surface area contributed by atoms with E-state index in [9.17, 15) is 13.2 Å². The number of carbonyl (C=O) groups excluding carboxylic acids is 1. The summed E-state index contributed by atoms with van der Waals surface area (Å²) in [5.74, 6) is -0.242. The molecule has 1 saturated heterocycles. The average Bonchev–Trinajstić information content (AvgIpc) is 2.46. The number of nitrogens with one attached hydrogen (secondary N) is 1. The van der Waals surface area contributed by atoms with E-state index in [0.29, 0.717) is 18.7 Å². The molecular weight excluding hydrogens is 278 g/mol. The Morgan fingerprint density at radius 1 is 1.35 bits per heavy atom. The van der Waals surface area contributed by atoms with Crippen molar-refractivity contribution in [3.8, 4) is 0 Å². The van der Waals surface area contributed by atoms with E-state index in [1.807, 2.05) is 0 Å². The number of carbonyl (C=O) groups is 1. The van der Waals surface area contributed by atoms with E-state index < -0.39 is 10.0 Å². The number of hydrogen-bond acceptors (Lipinski definition) is 4. The Balaban J connectivity index is 2.23. The second-order valence-electron chi connectivity index (χ2n) is 4.87. The summed E-state index contributed by atoms with van der Waals surface area (Å²) < 4.78 is 26.3. The van der Waals surface area contributed by atoms with Crippen LogP contribution in [0.25, 0.3) is 0 Å². The van der Waals surface area contributed by atoms with Crippen molar-refractivity contribution in [3.05, 3.63) is 29.8 Å². The molecule has 110 valence electrons. The highest BCUT2D eigenvalue weighted by atomic mass is 32.2. The van der Waals surface area contributed by atoms with Gasteiger partial charge in [-0.1, -0.05) is 0 Å². The second kappa shape index (κ2) is 5.90. The third kappa shape index (κ3) is 3.00. The molecule has 1 aliphatic rings. The summed E-state index contributed by atoms with van der Waals surface area (Å²) in [6.07, 6.45) is 1.62. The van der Waals surface area contributed by atoms with Crippen LogP contribution in [0.4, 0.5) is 0 Å². The summed E-state index contributed by atoms with van der Waals surface area (Å²) in [4.78, 5) is 11.6. The monoisotopic (exact) mass is 297 g/mol. The van der Waals surface area contributed by atoms with E-state index in [1.165, 1.54) is 35.6 Å². The van der Waals surface area contributed by atoms with Crippen LogP contribution in [0.15, 0.2) is 29.2 Å². The maximum Gasteiger partial charge on any atom is 0.251 e. The summed E-state index contributed by atoms with van der Waals surface area (Å²) >= 11 is 0. The fourth-order valence-corrected chi connectivity index (χ4v) is 3.80. The topological polar surface area (TPSA) is 92.5 Å². The molecule has 2 rings (SSSR count). The zero-order chi connectivity index (χ0) is 14.8. The molecule has 1 aliphatic heterocycles. The third-order valence-corrected chi connectivity index (χ3v) is 5.28. The predicted molar refractivity (Wildman–Crippen MR) is 75.8 cm³/mol. The van der Waals surface area contributed by atoms with Gasteiger partial charge < -0.3 is 11.1 Å². The lowest BCUT2D eigenvalue weighted by atomic mass is 10.1. The van der Waals surface area contributed by atoms with Gasteiger partial charge in [0.25, 0.3) is 5.91 Å². The largest absolute Gasteiger partial charge is 0.355 e. The molecule has 0 radical (unpaired) electrons. The van der Waals surface area contributed by atoms with Crippen molar-refractivity contribution in [2.24, 2.45) is 5.73 Å². The van der Waals surface area contributed by atoms with Crippen LogP contribution in [0.2, 0.25) is 0 Å². The van der Waals surface area contributed by atoms with E-state index in [2.05, 4.69) is 5.32 Å². The maximum atomic E-state index is 12.5. The van der Waals surface area contributed by atoms with Crippen LogP contribution >= 0.6 is 0 Å². The maximum absolute atomic E-state index is 12.5. The summed E-state index contributed by atoms with van der Waals surface area (Å²) in [6, 6.07) is 5.83. The standard InChI is InChI=1S/C13H19N3O3S/c1-15-13(17)10-4-6-12(7-5-10)20(18,19)16-8-2-3-11(14)9-16/h4-7,11H,2-3,8-9,14H2,1H3,(H,15,17). The first-order valence-corrected chi connectivity index (χ1v) is 7.97. The Bertz CT molecular complexity index is 583. The van der Waals surface area contributed by atoms with Crippen molar-refractivity contribution in [1.29, 1.82) is 0 Å². The molecule has 0 spiro atoms. The molecule has 20 heavy (non-hydrogen) atoms. The smallest absolute Gasteiger partial charge is 0.251 e. The molecule has 0 aliphatic carbocycles. The van der Waals surface area contributed by atoms with Crippen LogP contribution < -0.4 is 11.1 Å². The van der Waals surface area contributed by atoms with Gasteiger partial charge in [0.05, 0.1) is 4.90 Å². The highest BCUT2D eigenvalue weighted by Gasteiger charge is 2.28. The number of hydrogen-bond donors (Lipinski definition) is 2. The van der Waals surface area contributed by atoms with Crippen molar-refractivity contribution in [1.82, 2.24) is 9.62 Å². The van der Waals surface area contributed by atoms with Gasteiger partial charge in [-0.15, -0.1) is 0 Å². The van der Waals surface area contributed by atoms with Gasteiger partial charge >= 0.3 is 0 Å². The first-order valence-electron chi connectivity index (χ1n) is 6.53. The minimum atomic E-state index is -3.52. The lowest BCUT2D eigenvalue weighted by Gasteiger charge is -2.29. The van der Waals surface area contributed by atoms with Crippen molar-refractivity contribution in [2.75, 3.05) is 20.1 Å². The number of rotatable bonds is 3. The fraction of sp³-hybridized carbons (Fsp3) is 0.462. The van der Waals surface area contributed by atoms with E-state index >= 15 is 0 Å². The summed E-state index contributed by atoms with van der Waals surface area (Å²) in [5.41, 5.74) is 6.25. The van der Waals surface area contributed by atoms with Crippen LogP contribution in [0, 0.1) is 0 Å². The summed E-state index contributed by atoms with van der Waals surface area (Å²) in [7, 11) is -1.99. The van der Waals surface area contributed by atoms with Gasteiger partial charge in [-0.05, 0) is 37.1 Å². The molecular formula is C13H19N3O3S. The molecule has 1 heterocycles. The second-order valence-corrected chi connectivity index (χ2v) is 6.81. The Labute approximate surface area is 119 Å². The molecule has 1 aromatic rings. The zero-order valence-corrected chi connectivity index (χ0v) is 12.2. The minimum Gasteiger partial charge on any atom is -0.355 e. The molecule has 0 aromatic heterocycles. The summed E-state index contributed by atoms with van der Waals surface area (Å²) in [5, 5.41) is 2.49. The van der Waals surface area contributed by atoms with Crippen molar-refractivity contribution < 1.29 is 13.2 Å². The normalized spacial score (nSPS) is 20.6. The van der Waals surface area contributed by atoms with Gasteiger partial charge in [-0.2, -0.15) is 4.31 Å². The molecule has 1 amide bonds. The van der Waals surface area contributed by atoms with Crippen LogP contribution in [0.5, 0.6) is 0 Å². The molecule has 0 saturated carbocycles. The number of amides is 1. The van der Waals surface area contributed by atoms with Gasteiger partial charge in [-0.25, -0.2) is 8.42 Å². The molecule has 1 fully saturated rings. The van der Waals surface area contributed by atoms with E-state index in [-0.39, 0.29) is 16.8 Å². The molecule has 1 aromatic carbocycles. The molecule has 3 N–H and O–H groups in total. The van der Waals surface area contributed by atoms with Crippen molar-refractivity contribution in [2.45, 2.75) is 23.8 Å². The Morgan fingerprint density at radius 2 is 2.00 bits per heavy atom. The number of nitrogens with zero attached hydrogens (tertiary/aromatic N) is 1. The average molecular weight is 297 g/mol. The Morgan fingerprint density at radius 3 is 2.55 bits per heavy atom. The number of benzene rings is 1. The first-order chi connectivity index (χ1) is 9.45. The van der Waals surface area contributed by atoms with Gasteiger partial charge in [0.15, 0.2) is 0 Å². The predicted octanol–water partition coefficient (Wildman–Crippen LogP) is 0.158. The third-order valence-electron chi connectivity index (χ3n) is 3.40. The molecule has 1 unspecified atom stereocenters. The molecule has 0 bridgehead atoms. The lowest BCUT2D eigenvalue weighted by molar-refractivity contribution is 0.0963. The molecule has 6 nitrogen and oxygen atoms in total. The Hall–Kier alpha value is -1.44. The number of sulfonamides is 1.